The van der Waals surface area contributed by atoms with E-state index in [0.717, 1.165) is 12.0 Å². The van der Waals surface area contributed by atoms with E-state index >= 15 is 0 Å². The molecule has 0 spiro atoms. The predicted octanol–water partition coefficient (Wildman–Crippen LogP) is 4.13. The van der Waals surface area contributed by atoms with Crippen molar-refractivity contribution < 1.29 is 0 Å². The molecule has 0 aromatic heterocycles. The Morgan fingerprint density at radius 1 is 1.06 bits per heavy atom. The average Bonchev–Trinajstić information content (AvgIpc) is 2.79. The van der Waals surface area contributed by atoms with Crippen molar-refractivity contribution in [2.24, 2.45) is 11.3 Å². The lowest BCUT2D eigenvalue weighted by Gasteiger charge is -2.42. The summed E-state index contributed by atoms with van der Waals surface area (Å²) in [6.07, 6.45) is 14.7. The summed E-state index contributed by atoms with van der Waals surface area (Å²) in [6.45, 7) is 2.53. The molecule has 1 unspecified atom stereocenters. The van der Waals surface area contributed by atoms with Crippen LogP contribution in [-0.2, 0) is 0 Å². The van der Waals surface area contributed by atoms with Crippen molar-refractivity contribution in [1.29, 1.82) is 0 Å². The number of hydrogen-bond donors (Lipinski definition) is 1. The summed E-state index contributed by atoms with van der Waals surface area (Å²) in [4.78, 5) is 0. The molecule has 0 aliphatic heterocycles. The van der Waals surface area contributed by atoms with E-state index in [9.17, 15) is 0 Å². The zero-order chi connectivity index (χ0) is 11.4. The van der Waals surface area contributed by atoms with Crippen LogP contribution in [0, 0.1) is 11.3 Å². The first-order valence-corrected chi connectivity index (χ1v) is 7.42. The summed E-state index contributed by atoms with van der Waals surface area (Å²) in [5.74, 6) is 1.02. The van der Waals surface area contributed by atoms with Gasteiger partial charge in [0, 0.05) is 6.04 Å². The maximum Gasteiger partial charge on any atom is 0.0120 e. The zero-order valence-corrected chi connectivity index (χ0v) is 11.2. The monoisotopic (exact) mass is 223 g/mol. The minimum absolute atomic E-state index is 0.593. The second-order valence-corrected chi connectivity index (χ2v) is 6.44. The molecule has 1 nitrogen and oxygen atoms in total. The molecule has 2 fully saturated rings. The van der Waals surface area contributed by atoms with E-state index in [1.165, 1.54) is 64.2 Å². The largest absolute Gasteiger partial charge is 0.316 e. The second-order valence-electron chi connectivity index (χ2n) is 6.44. The Kier molecular flexibility index (Phi) is 4.29. The van der Waals surface area contributed by atoms with Crippen LogP contribution in [0.1, 0.15) is 71.1 Å². The van der Waals surface area contributed by atoms with Gasteiger partial charge in [-0.05, 0) is 37.6 Å². The molecule has 0 radical (unpaired) electrons. The van der Waals surface area contributed by atoms with E-state index in [1.54, 1.807) is 0 Å². The van der Waals surface area contributed by atoms with Gasteiger partial charge in [0.15, 0.2) is 0 Å². The number of nitrogens with one attached hydrogen (secondary N) is 1. The van der Waals surface area contributed by atoms with Crippen LogP contribution >= 0.6 is 0 Å². The van der Waals surface area contributed by atoms with Gasteiger partial charge in [-0.15, -0.1) is 0 Å². The van der Waals surface area contributed by atoms with E-state index in [0.29, 0.717) is 5.41 Å². The van der Waals surface area contributed by atoms with Gasteiger partial charge >= 0.3 is 0 Å². The Balaban J connectivity index is 1.91. The molecule has 0 amide bonds. The summed E-state index contributed by atoms with van der Waals surface area (Å²) in [5, 5.41) is 3.64. The Morgan fingerprint density at radius 3 is 2.25 bits per heavy atom. The smallest absolute Gasteiger partial charge is 0.0120 e. The summed E-state index contributed by atoms with van der Waals surface area (Å²) in [7, 11) is 2.18. The van der Waals surface area contributed by atoms with Crippen LogP contribution in [-0.4, -0.2) is 13.1 Å². The summed E-state index contributed by atoms with van der Waals surface area (Å²) >= 11 is 0. The highest BCUT2D eigenvalue weighted by Crippen LogP contribution is 2.42. The predicted molar refractivity (Wildman–Crippen MR) is 70.6 cm³/mol. The molecule has 1 atom stereocenters. The molecule has 0 saturated heterocycles. The first-order valence-electron chi connectivity index (χ1n) is 7.42. The molecule has 0 heterocycles. The minimum atomic E-state index is 0.593. The van der Waals surface area contributed by atoms with Gasteiger partial charge in [-0.3, -0.25) is 0 Å². The highest BCUT2D eigenvalue weighted by atomic mass is 14.9. The minimum Gasteiger partial charge on any atom is -0.316 e. The van der Waals surface area contributed by atoms with Crippen LogP contribution in [0.3, 0.4) is 0 Å². The van der Waals surface area contributed by atoms with Crippen molar-refractivity contribution in [1.82, 2.24) is 5.32 Å². The molecule has 16 heavy (non-hydrogen) atoms. The van der Waals surface area contributed by atoms with E-state index in [4.69, 9.17) is 0 Å². The third-order valence-electron chi connectivity index (χ3n) is 5.23. The molecule has 1 heteroatoms. The van der Waals surface area contributed by atoms with E-state index in [2.05, 4.69) is 19.3 Å². The Labute approximate surface area is 101 Å². The molecule has 1 N–H and O–H groups in total. The lowest BCUT2D eigenvalue weighted by molar-refractivity contribution is 0.130. The van der Waals surface area contributed by atoms with E-state index < -0.39 is 0 Å². The van der Waals surface area contributed by atoms with Crippen molar-refractivity contribution in [3.8, 4) is 0 Å². The fraction of sp³-hybridized carbons (Fsp3) is 1.00. The normalized spacial score (nSPS) is 28.1. The molecule has 0 bridgehead atoms. The van der Waals surface area contributed by atoms with Gasteiger partial charge in [0.25, 0.3) is 0 Å². The quantitative estimate of drug-likeness (QED) is 0.756. The summed E-state index contributed by atoms with van der Waals surface area (Å²) < 4.78 is 0. The second kappa shape index (κ2) is 5.53. The Morgan fingerprint density at radius 2 is 1.69 bits per heavy atom. The number of hydrogen-bond acceptors (Lipinski definition) is 1. The van der Waals surface area contributed by atoms with Crippen molar-refractivity contribution in [2.45, 2.75) is 77.2 Å². The lowest BCUT2D eigenvalue weighted by Crippen LogP contribution is -2.44. The van der Waals surface area contributed by atoms with Crippen molar-refractivity contribution in [3.05, 3.63) is 0 Å². The van der Waals surface area contributed by atoms with Crippen LogP contribution < -0.4 is 5.32 Å². The first kappa shape index (κ1) is 12.4. The molecule has 2 aliphatic carbocycles. The maximum absolute atomic E-state index is 3.64. The summed E-state index contributed by atoms with van der Waals surface area (Å²) in [5.41, 5.74) is 0.593. The lowest BCUT2D eigenvalue weighted by atomic mass is 9.68. The van der Waals surface area contributed by atoms with Gasteiger partial charge in [0.05, 0.1) is 0 Å². The molecule has 2 aliphatic rings. The molecular formula is C15H29N. The van der Waals surface area contributed by atoms with Crippen LogP contribution in [0.4, 0.5) is 0 Å². The Bertz CT molecular complexity index is 199. The molecule has 94 valence electrons. The molecule has 2 saturated carbocycles. The van der Waals surface area contributed by atoms with Gasteiger partial charge in [0.1, 0.15) is 0 Å². The molecule has 0 aromatic rings. The average molecular weight is 223 g/mol. The molecular weight excluding hydrogens is 194 g/mol. The molecule has 2 rings (SSSR count). The fourth-order valence-corrected chi connectivity index (χ4v) is 4.04. The topological polar surface area (TPSA) is 12.0 Å². The van der Waals surface area contributed by atoms with Crippen molar-refractivity contribution in [2.75, 3.05) is 7.05 Å². The fourth-order valence-electron chi connectivity index (χ4n) is 4.04. The van der Waals surface area contributed by atoms with Gasteiger partial charge in [-0.25, -0.2) is 0 Å². The van der Waals surface area contributed by atoms with E-state index in [-0.39, 0.29) is 0 Å². The third kappa shape index (κ3) is 2.80. The Hall–Kier alpha value is -0.0400. The number of rotatable bonds is 4. The SMILES string of the molecule is CNC(CC1CCCC1)C1(C)CCCCC1. The van der Waals surface area contributed by atoms with Crippen LogP contribution in [0.5, 0.6) is 0 Å². The van der Waals surface area contributed by atoms with Crippen LogP contribution in [0.25, 0.3) is 0 Å². The van der Waals surface area contributed by atoms with Gasteiger partial charge in [-0.2, -0.15) is 0 Å². The highest BCUT2D eigenvalue weighted by Gasteiger charge is 2.36. The zero-order valence-electron chi connectivity index (χ0n) is 11.2. The van der Waals surface area contributed by atoms with Crippen molar-refractivity contribution >= 4 is 0 Å². The highest BCUT2D eigenvalue weighted by molar-refractivity contribution is 4.91. The van der Waals surface area contributed by atoms with Gasteiger partial charge in [-0.1, -0.05) is 51.9 Å². The van der Waals surface area contributed by atoms with E-state index in [1.807, 2.05) is 0 Å². The molecule has 0 aromatic carbocycles. The standard InChI is InChI=1S/C15H29N/c1-15(10-6-3-7-11-15)14(16-2)12-13-8-4-5-9-13/h13-14,16H,3-12H2,1-2H3. The van der Waals surface area contributed by atoms with Gasteiger partial charge in [0.2, 0.25) is 0 Å². The van der Waals surface area contributed by atoms with Crippen LogP contribution in [0.2, 0.25) is 0 Å². The maximum atomic E-state index is 3.64. The van der Waals surface area contributed by atoms with Gasteiger partial charge < -0.3 is 5.32 Å². The summed E-state index contributed by atoms with van der Waals surface area (Å²) in [6, 6.07) is 0.774. The first-order chi connectivity index (χ1) is 7.74. The third-order valence-corrected chi connectivity index (χ3v) is 5.23. The van der Waals surface area contributed by atoms with Crippen LogP contribution in [0.15, 0.2) is 0 Å². The van der Waals surface area contributed by atoms with Crippen molar-refractivity contribution in [3.63, 3.8) is 0 Å².